The first-order valence-electron chi connectivity index (χ1n) is 6.57. The second-order valence-corrected chi connectivity index (χ2v) is 5.96. The van der Waals surface area contributed by atoms with E-state index in [9.17, 15) is 9.59 Å². The molecule has 114 valence electrons. The number of aryl methyl sites for hydroxylation is 2. The van der Waals surface area contributed by atoms with Gasteiger partial charge in [-0.2, -0.15) is 5.10 Å². The highest BCUT2D eigenvalue weighted by Gasteiger charge is 2.21. The maximum atomic E-state index is 12.5. The molecular weight excluding hydrogens is 302 g/mol. The fraction of sp³-hybridized carbons (Fsp3) is 0.214. The highest BCUT2D eigenvalue weighted by Crippen LogP contribution is 2.26. The molecule has 0 saturated carbocycles. The topological polar surface area (TPSA) is 94.9 Å². The molecule has 0 bridgehead atoms. The van der Waals surface area contributed by atoms with Gasteiger partial charge in [0.25, 0.3) is 11.8 Å². The summed E-state index contributed by atoms with van der Waals surface area (Å²) >= 11 is 1.57. The summed E-state index contributed by atoms with van der Waals surface area (Å²) in [5.74, 6) is -0.976. The Morgan fingerprint density at radius 1 is 1.36 bits per heavy atom. The van der Waals surface area contributed by atoms with E-state index in [0.717, 1.165) is 10.2 Å². The average Bonchev–Trinajstić information content (AvgIpc) is 3.11. The summed E-state index contributed by atoms with van der Waals surface area (Å²) in [6.07, 6.45) is 0. The number of fused-ring (bicyclic) bond motifs is 1. The van der Waals surface area contributed by atoms with Gasteiger partial charge in [0, 0.05) is 14.1 Å². The Balaban J connectivity index is 1.99. The number of nitrogens with one attached hydrogen (secondary N) is 1. The Morgan fingerprint density at radius 3 is 2.73 bits per heavy atom. The highest BCUT2D eigenvalue weighted by atomic mass is 32.1. The monoisotopic (exact) mass is 317 g/mol. The molecule has 0 unspecified atom stereocenters. The Labute approximate surface area is 130 Å². The third-order valence-electron chi connectivity index (χ3n) is 3.70. The third kappa shape index (κ3) is 2.08. The summed E-state index contributed by atoms with van der Waals surface area (Å²) < 4.78 is 4.36. The van der Waals surface area contributed by atoms with Gasteiger partial charge in [-0.05, 0) is 24.4 Å². The molecule has 22 heavy (non-hydrogen) atoms. The van der Waals surface area contributed by atoms with Crippen molar-refractivity contribution in [2.45, 2.75) is 6.92 Å². The molecule has 3 rings (SSSR count). The van der Waals surface area contributed by atoms with Gasteiger partial charge in [-0.1, -0.05) is 0 Å². The highest BCUT2D eigenvalue weighted by molar-refractivity contribution is 7.17. The van der Waals surface area contributed by atoms with Crippen LogP contribution in [-0.4, -0.2) is 26.2 Å². The number of nitrogens with two attached hydrogens (primary N) is 1. The van der Waals surface area contributed by atoms with Gasteiger partial charge in [-0.25, -0.2) is 0 Å². The van der Waals surface area contributed by atoms with Gasteiger partial charge in [-0.3, -0.25) is 14.3 Å². The number of carbonyl (C=O) groups is 2. The molecule has 0 aliphatic heterocycles. The molecule has 3 heterocycles. The van der Waals surface area contributed by atoms with Gasteiger partial charge in [0.05, 0.1) is 21.6 Å². The van der Waals surface area contributed by atoms with Crippen molar-refractivity contribution >= 4 is 39.1 Å². The van der Waals surface area contributed by atoms with Crippen LogP contribution in [0.5, 0.6) is 0 Å². The lowest BCUT2D eigenvalue weighted by molar-refractivity contribution is 0.0995. The lowest BCUT2D eigenvalue weighted by Crippen LogP contribution is -2.19. The molecule has 8 heteroatoms. The van der Waals surface area contributed by atoms with E-state index in [2.05, 4.69) is 10.4 Å². The van der Waals surface area contributed by atoms with Crippen molar-refractivity contribution in [3.63, 3.8) is 0 Å². The van der Waals surface area contributed by atoms with Crippen molar-refractivity contribution in [1.29, 1.82) is 0 Å². The van der Waals surface area contributed by atoms with E-state index in [1.807, 2.05) is 29.1 Å². The van der Waals surface area contributed by atoms with Gasteiger partial charge < -0.3 is 15.6 Å². The second-order valence-electron chi connectivity index (χ2n) is 5.01. The molecule has 0 radical (unpaired) electrons. The predicted octanol–water partition coefficient (Wildman–Crippen LogP) is 1.63. The smallest absolute Gasteiger partial charge is 0.272 e. The normalized spacial score (nSPS) is 11.0. The maximum Gasteiger partial charge on any atom is 0.272 e. The Morgan fingerprint density at radius 2 is 2.09 bits per heavy atom. The van der Waals surface area contributed by atoms with Gasteiger partial charge in [0.15, 0.2) is 5.69 Å². The second kappa shape index (κ2) is 4.99. The van der Waals surface area contributed by atoms with Crippen molar-refractivity contribution in [3.05, 3.63) is 34.6 Å². The first-order valence-corrected chi connectivity index (χ1v) is 7.45. The number of hydrogen-bond donors (Lipinski definition) is 2. The van der Waals surface area contributed by atoms with Crippen LogP contribution in [0.2, 0.25) is 0 Å². The molecule has 7 nitrogen and oxygen atoms in total. The molecule has 3 aromatic heterocycles. The fourth-order valence-electron chi connectivity index (χ4n) is 2.38. The largest absolute Gasteiger partial charge is 0.364 e. The molecule has 0 spiro atoms. The first-order chi connectivity index (χ1) is 10.4. The molecule has 3 aromatic rings. The summed E-state index contributed by atoms with van der Waals surface area (Å²) in [5, 5.41) is 8.76. The minimum Gasteiger partial charge on any atom is -0.364 e. The molecule has 2 amide bonds. The van der Waals surface area contributed by atoms with Crippen LogP contribution in [-0.2, 0) is 14.1 Å². The minimum absolute atomic E-state index is 0.0596. The lowest BCUT2D eigenvalue weighted by Gasteiger charge is -2.07. The van der Waals surface area contributed by atoms with Gasteiger partial charge in [-0.15, -0.1) is 11.3 Å². The van der Waals surface area contributed by atoms with Crippen molar-refractivity contribution < 1.29 is 9.59 Å². The molecule has 0 saturated heterocycles. The number of hydrogen-bond acceptors (Lipinski definition) is 4. The van der Waals surface area contributed by atoms with Crippen LogP contribution < -0.4 is 11.1 Å². The summed E-state index contributed by atoms with van der Waals surface area (Å²) in [7, 11) is 3.52. The summed E-state index contributed by atoms with van der Waals surface area (Å²) in [5.41, 5.74) is 7.90. The number of carbonyl (C=O) groups excluding carboxylic acids is 2. The van der Waals surface area contributed by atoms with Crippen LogP contribution in [0.1, 0.15) is 26.7 Å². The van der Waals surface area contributed by atoms with Crippen LogP contribution in [0.25, 0.3) is 10.2 Å². The zero-order chi connectivity index (χ0) is 16.0. The van der Waals surface area contributed by atoms with E-state index in [0.29, 0.717) is 17.1 Å². The van der Waals surface area contributed by atoms with Gasteiger partial charge >= 0.3 is 0 Å². The van der Waals surface area contributed by atoms with Gasteiger partial charge in [0.2, 0.25) is 0 Å². The molecule has 0 atom stereocenters. The van der Waals surface area contributed by atoms with E-state index in [1.54, 1.807) is 25.3 Å². The maximum absolute atomic E-state index is 12.5. The van der Waals surface area contributed by atoms with E-state index >= 15 is 0 Å². The standard InChI is InChI=1S/C14H15N5O2S/c1-7-11(12(13(15)20)17-19(7)3)16-14(21)9-6-10-8(18(9)2)4-5-22-10/h4-6H,1-3H3,(H2,15,20)(H,16,21). The van der Waals surface area contributed by atoms with E-state index in [4.69, 9.17) is 5.73 Å². The quantitative estimate of drug-likeness (QED) is 0.768. The van der Waals surface area contributed by atoms with Crippen LogP contribution in [0, 0.1) is 6.92 Å². The number of primary amides is 1. The summed E-state index contributed by atoms with van der Waals surface area (Å²) in [6, 6.07) is 3.78. The Hall–Kier alpha value is -2.61. The van der Waals surface area contributed by atoms with E-state index < -0.39 is 5.91 Å². The van der Waals surface area contributed by atoms with Crippen LogP contribution >= 0.6 is 11.3 Å². The van der Waals surface area contributed by atoms with Crippen LogP contribution in [0.3, 0.4) is 0 Å². The third-order valence-corrected chi connectivity index (χ3v) is 4.56. The van der Waals surface area contributed by atoms with Crippen molar-refractivity contribution in [2.24, 2.45) is 19.8 Å². The number of nitrogens with zero attached hydrogens (tertiary/aromatic N) is 3. The molecular formula is C14H15N5O2S. The van der Waals surface area contributed by atoms with E-state index in [-0.39, 0.29) is 11.6 Å². The minimum atomic E-state index is -0.674. The molecule has 0 aliphatic rings. The van der Waals surface area contributed by atoms with Crippen LogP contribution in [0.15, 0.2) is 17.5 Å². The number of anilines is 1. The fourth-order valence-corrected chi connectivity index (χ4v) is 3.22. The number of thiophene rings is 1. The number of aromatic nitrogens is 3. The van der Waals surface area contributed by atoms with Crippen molar-refractivity contribution in [1.82, 2.24) is 14.3 Å². The Kier molecular flexibility index (Phi) is 3.25. The number of rotatable bonds is 3. The van der Waals surface area contributed by atoms with E-state index in [1.165, 1.54) is 4.68 Å². The first kappa shape index (κ1) is 14.3. The van der Waals surface area contributed by atoms with Crippen LogP contribution in [0.4, 0.5) is 5.69 Å². The molecule has 0 aliphatic carbocycles. The zero-order valence-corrected chi connectivity index (χ0v) is 13.2. The lowest BCUT2D eigenvalue weighted by atomic mass is 10.2. The Bertz CT molecular complexity index is 902. The molecule has 3 N–H and O–H groups in total. The molecule has 0 fully saturated rings. The molecule has 0 aromatic carbocycles. The van der Waals surface area contributed by atoms with Gasteiger partial charge in [0.1, 0.15) is 5.69 Å². The van der Waals surface area contributed by atoms with Crippen molar-refractivity contribution in [2.75, 3.05) is 5.32 Å². The zero-order valence-electron chi connectivity index (χ0n) is 12.4. The number of amides is 2. The summed E-state index contributed by atoms with van der Waals surface area (Å²) in [6.45, 7) is 1.76. The predicted molar refractivity (Wildman–Crippen MR) is 85.2 cm³/mol. The van der Waals surface area contributed by atoms with Crippen molar-refractivity contribution in [3.8, 4) is 0 Å². The SMILES string of the molecule is Cc1c(NC(=O)c2cc3sccc3n2C)c(C(N)=O)nn1C. The summed E-state index contributed by atoms with van der Waals surface area (Å²) in [4.78, 5) is 24.0. The average molecular weight is 317 g/mol.